The molecular weight excluding hydrogens is 208 g/mol. The number of carbonyl (C=O) groups is 1. The largest absolute Gasteiger partial charge is 0.335 e. The molecule has 0 saturated carbocycles. The molecule has 1 aliphatic heterocycles. The topological polar surface area (TPSA) is 33.2 Å². The van der Waals surface area contributed by atoms with Gasteiger partial charge in [0, 0.05) is 18.3 Å². The van der Waals surface area contributed by atoms with Gasteiger partial charge in [-0.25, -0.2) is 4.98 Å². The Morgan fingerprint density at radius 1 is 1.77 bits per heavy atom. The summed E-state index contributed by atoms with van der Waals surface area (Å²) in [5.74, 6) is 0.132. The molecule has 1 amide bonds. The number of thiazole rings is 1. The van der Waals surface area contributed by atoms with Crippen molar-refractivity contribution >= 4 is 28.8 Å². The first-order valence-corrected chi connectivity index (χ1v) is 5.42. The van der Waals surface area contributed by atoms with Gasteiger partial charge in [-0.3, -0.25) is 4.79 Å². The summed E-state index contributed by atoms with van der Waals surface area (Å²) < 4.78 is 0. The molecule has 0 bridgehead atoms. The predicted octanol–water partition coefficient (Wildman–Crippen LogP) is 1.48. The lowest BCUT2D eigenvalue weighted by Crippen LogP contribution is -2.24. The Kier molecular flexibility index (Phi) is 2.51. The monoisotopic (exact) mass is 216 g/mol. The number of alkyl halides is 1. The smallest absolute Gasteiger partial charge is 0.224 e. The van der Waals surface area contributed by atoms with Gasteiger partial charge >= 0.3 is 0 Å². The maximum atomic E-state index is 11.3. The number of halogens is 1. The Hall–Kier alpha value is -0.610. The van der Waals surface area contributed by atoms with Crippen LogP contribution in [-0.2, 0) is 11.3 Å². The van der Waals surface area contributed by atoms with Gasteiger partial charge in [0.25, 0.3) is 0 Å². The fourth-order valence-corrected chi connectivity index (χ4v) is 2.24. The number of rotatable bonds is 2. The Labute approximate surface area is 85.3 Å². The van der Waals surface area contributed by atoms with Crippen molar-refractivity contribution < 1.29 is 4.79 Å². The Balaban J connectivity index is 1.99. The first-order valence-electron chi connectivity index (χ1n) is 4.04. The summed E-state index contributed by atoms with van der Waals surface area (Å²) >= 11 is 7.40. The van der Waals surface area contributed by atoms with E-state index >= 15 is 0 Å². The summed E-state index contributed by atoms with van der Waals surface area (Å²) in [5, 5.41) is 1.93. The fraction of sp³-hybridized carbons (Fsp3) is 0.500. The van der Waals surface area contributed by atoms with E-state index < -0.39 is 0 Å². The van der Waals surface area contributed by atoms with Gasteiger partial charge in [-0.15, -0.1) is 22.9 Å². The quantitative estimate of drug-likeness (QED) is 0.702. The van der Waals surface area contributed by atoms with Crippen LogP contribution in [0.3, 0.4) is 0 Å². The lowest BCUT2D eigenvalue weighted by Gasteiger charge is -2.13. The fourth-order valence-electron chi connectivity index (χ4n) is 1.39. The SMILES string of the molecule is O=C1CC(Cl)CN1Cc1cscn1. The van der Waals surface area contributed by atoms with Crippen LogP contribution in [0.15, 0.2) is 10.9 Å². The van der Waals surface area contributed by atoms with Crippen molar-refractivity contribution in [3.8, 4) is 0 Å². The predicted molar refractivity (Wildman–Crippen MR) is 51.8 cm³/mol. The number of hydrogen-bond donors (Lipinski definition) is 0. The number of likely N-dealkylation sites (tertiary alicyclic amines) is 1. The van der Waals surface area contributed by atoms with E-state index in [2.05, 4.69) is 4.98 Å². The first kappa shape index (κ1) is 8.97. The molecule has 1 aromatic heterocycles. The van der Waals surface area contributed by atoms with Gasteiger partial charge in [0.15, 0.2) is 0 Å². The van der Waals surface area contributed by atoms with E-state index in [1.165, 1.54) is 0 Å². The maximum Gasteiger partial charge on any atom is 0.224 e. The summed E-state index contributed by atoms with van der Waals surface area (Å²) in [6.07, 6.45) is 0.464. The standard InChI is InChI=1S/C8H9ClN2OS/c9-6-1-8(12)11(2-6)3-7-4-13-5-10-7/h4-6H,1-3H2. The molecule has 1 aliphatic rings. The summed E-state index contributed by atoms with van der Waals surface area (Å²) in [7, 11) is 0. The van der Waals surface area contributed by atoms with Crippen LogP contribution >= 0.6 is 22.9 Å². The Morgan fingerprint density at radius 2 is 2.62 bits per heavy atom. The van der Waals surface area contributed by atoms with Crippen molar-refractivity contribution in [3.63, 3.8) is 0 Å². The minimum absolute atomic E-state index is 0.0221. The zero-order valence-electron chi connectivity index (χ0n) is 6.94. The molecule has 3 nitrogen and oxygen atoms in total. The summed E-state index contributed by atoms with van der Waals surface area (Å²) in [6, 6.07) is 0. The number of carbonyl (C=O) groups excluding carboxylic acids is 1. The molecule has 0 N–H and O–H groups in total. The van der Waals surface area contributed by atoms with Gasteiger partial charge in [0.2, 0.25) is 5.91 Å². The van der Waals surface area contributed by atoms with E-state index in [-0.39, 0.29) is 11.3 Å². The Bertz CT molecular complexity index is 301. The third-order valence-electron chi connectivity index (χ3n) is 2.00. The van der Waals surface area contributed by atoms with Gasteiger partial charge in [0.05, 0.1) is 23.1 Å². The molecule has 1 saturated heterocycles. The minimum atomic E-state index is -0.0221. The zero-order valence-corrected chi connectivity index (χ0v) is 8.51. The van der Waals surface area contributed by atoms with Gasteiger partial charge in [0.1, 0.15) is 0 Å². The molecule has 1 fully saturated rings. The third kappa shape index (κ3) is 2.00. The second-order valence-corrected chi connectivity index (χ2v) is 4.39. The van der Waals surface area contributed by atoms with Crippen LogP contribution in [0.5, 0.6) is 0 Å². The first-order chi connectivity index (χ1) is 6.25. The van der Waals surface area contributed by atoms with E-state index in [0.717, 1.165) is 5.69 Å². The normalized spacial score (nSPS) is 22.7. The molecule has 2 rings (SSSR count). The average molecular weight is 217 g/mol. The summed E-state index contributed by atoms with van der Waals surface area (Å²) in [5.41, 5.74) is 2.72. The molecule has 1 unspecified atom stereocenters. The van der Waals surface area contributed by atoms with Crippen LogP contribution in [0.1, 0.15) is 12.1 Å². The van der Waals surface area contributed by atoms with E-state index in [4.69, 9.17) is 11.6 Å². The van der Waals surface area contributed by atoms with Crippen LogP contribution < -0.4 is 0 Å². The van der Waals surface area contributed by atoms with Gasteiger partial charge < -0.3 is 4.90 Å². The molecule has 70 valence electrons. The highest BCUT2D eigenvalue weighted by atomic mass is 35.5. The number of hydrogen-bond acceptors (Lipinski definition) is 3. The average Bonchev–Trinajstić information content (AvgIpc) is 2.63. The van der Waals surface area contributed by atoms with Crippen LogP contribution in [0.25, 0.3) is 0 Å². The highest BCUT2D eigenvalue weighted by Crippen LogP contribution is 2.18. The molecule has 0 radical (unpaired) electrons. The number of amides is 1. The van der Waals surface area contributed by atoms with Crippen molar-refractivity contribution in [2.24, 2.45) is 0 Å². The van der Waals surface area contributed by atoms with E-state index in [0.29, 0.717) is 19.5 Å². The second kappa shape index (κ2) is 3.64. The van der Waals surface area contributed by atoms with Crippen molar-refractivity contribution in [1.29, 1.82) is 0 Å². The molecule has 2 heterocycles. The van der Waals surface area contributed by atoms with Crippen molar-refractivity contribution in [1.82, 2.24) is 9.88 Å². The van der Waals surface area contributed by atoms with Crippen molar-refractivity contribution in [2.75, 3.05) is 6.54 Å². The number of nitrogens with zero attached hydrogens (tertiary/aromatic N) is 2. The summed E-state index contributed by atoms with van der Waals surface area (Å²) in [4.78, 5) is 17.2. The molecule has 0 aromatic carbocycles. The lowest BCUT2D eigenvalue weighted by atomic mass is 10.4. The van der Waals surface area contributed by atoms with Crippen LogP contribution in [0, 0.1) is 0 Å². The molecule has 5 heteroatoms. The van der Waals surface area contributed by atoms with Crippen molar-refractivity contribution in [2.45, 2.75) is 18.3 Å². The van der Waals surface area contributed by atoms with Crippen LogP contribution in [-0.4, -0.2) is 27.7 Å². The molecule has 13 heavy (non-hydrogen) atoms. The number of aromatic nitrogens is 1. The highest BCUT2D eigenvalue weighted by Gasteiger charge is 2.27. The Morgan fingerprint density at radius 3 is 3.15 bits per heavy atom. The third-order valence-corrected chi connectivity index (χ3v) is 2.93. The van der Waals surface area contributed by atoms with E-state index in [1.807, 2.05) is 5.38 Å². The highest BCUT2D eigenvalue weighted by molar-refractivity contribution is 7.07. The molecule has 0 spiro atoms. The maximum absolute atomic E-state index is 11.3. The lowest BCUT2D eigenvalue weighted by molar-refractivity contribution is -0.128. The molecule has 0 aliphatic carbocycles. The zero-order chi connectivity index (χ0) is 9.26. The van der Waals surface area contributed by atoms with Crippen LogP contribution in [0.4, 0.5) is 0 Å². The van der Waals surface area contributed by atoms with Crippen LogP contribution in [0.2, 0.25) is 0 Å². The molecule has 1 atom stereocenters. The molecular formula is C8H9ClN2OS. The van der Waals surface area contributed by atoms with E-state index in [1.54, 1.807) is 21.7 Å². The van der Waals surface area contributed by atoms with Crippen molar-refractivity contribution in [3.05, 3.63) is 16.6 Å². The van der Waals surface area contributed by atoms with E-state index in [9.17, 15) is 4.79 Å². The minimum Gasteiger partial charge on any atom is -0.335 e. The summed E-state index contributed by atoms with van der Waals surface area (Å²) in [6.45, 7) is 1.25. The van der Waals surface area contributed by atoms with Gasteiger partial charge in [-0.2, -0.15) is 0 Å². The van der Waals surface area contributed by atoms with Gasteiger partial charge in [-0.1, -0.05) is 0 Å². The second-order valence-electron chi connectivity index (χ2n) is 3.06. The molecule has 1 aromatic rings. The van der Waals surface area contributed by atoms with Gasteiger partial charge in [-0.05, 0) is 0 Å².